The van der Waals surface area contributed by atoms with Crippen molar-refractivity contribution in [2.45, 2.75) is 19.4 Å². The molecule has 0 aromatic heterocycles. The van der Waals surface area contributed by atoms with E-state index in [1.807, 2.05) is 6.07 Å². The molecule has 1 heterocycles. The maximum Gasteiger partial charge on any atom is 0.267 e. The first-order valence-corrected chi connectivity index (χ1v) is 7.67. The standard InChI is InChI=1S/C18H17FN2O3/c1-12-18(23)21(15-8-4-5-9-16(15)24-12)11-10-17(22)20-14-7-3-2-6-13(14)19/h2-9,12H,10-11H2,1H3,(H,20,22)/t12-/m0/s1. The maximum absolute atomic E-state index is 13.6. The van der Waals surface area contributed by atoms with Crippen molar-refractivity contribution in [2.24, 2.45) is 0 Å². The molecule has 1 atom stereocenters. The number of anilines is 2. The van der Waals surface area contributed by atoms with Crippen molar-refractivity contribution in [3.05, 3.63) is 54.3 Å². The number of fused-ring (bicyclic) bond motifs is 1. The first-order chi connectivity index (χ1) is 11.6. The zero-order valence-corrected chi connectivity index (χ0v) is 13.2. The average molecular weight is 328 g/mol. The lowest BCUT2D eigenvalue weighted by Gasteiger charge is -2.32. The molecule has 0 unspecified atom stereocenters. The van der Waals surface area contributed by atoms with Gasteiger partial charge in [0.1, 0.15) is 11.6 Å². The first kappa shape index (κ1) is 16.0. The molecule has 0 fully saturated rings. The SMILES string of the molecule is C[C@@H]1Oc2ccccc2N(CCC(=O)Nc2ccccc2F)C1=O. The zero-order valence-electron chi connectivity index (χ0n) is 13.2. The minimum Gasteiger partial charge on any atom is -0.479 e. The number of para-hydroxylation sites is 3. The molecule has 1 aliphatic rings. The molecule has 6 heteroatoms. The highest BCUT2D eigenvalue weighted by atomic mass is 19.1. The molecule has 24 heavy (non-hydrogen) atoms. The van der Waals surface area contributed by atoms with E-state index in [0.29, 0.717) is 11.4 Å². The molecule has 0 spiro atoms. The largest absolute Gasteiger partial charge is 0.479 e. The van der Waals surface area contributed by atoms with Gasteiger partial charge in [0, 0.05) is 13.0 Å². The summed E-state index contributed by atoms with van der Waals surface area (Å²) in [4.78, 5) is 25.9. The summed E-state index contributed by atoms with van der Waals surface area (Å²) in [7, 11) is 0. The number of hydrogen-bond acceptors (Lipinski definition) is 3. The lowest BCUT2D eigenvalue weighted by molar-refractivity contribution is -0.125. The van der Waals surface area contributed by atoms with Crippen LogP contribution in [0, 0.1) is 5.82 Å². The quantitative estimate of drug-likeness (QED) is 0.939. The van der Waals surface area contributed by atoms with Crippen LogP contribution >= 0.6 is 0 Å². The third-order valence-electron chi connectivity index (χ3n) is 3.78. The Labute approximate surface area is 139 Å². The highest BCUT2D eigenvalue weighted by molar-refractivity contribution is 6.00. The number of carbonyl (C=O) groups excluding carboxylic acids is 2. The molecule has 3 rings (SSSR count). The van der Waals surface area contributed by atoms with E-state index in [2.05, 4.69) is 5.32 Å². The molecule has 1 N–H and O–H groups in total. The van der Waals surface area contributed by atoms with Crippen LogP contribution in [0.1, 0.15) is 13.3 Å². The lowest BCUT2D eigenvalue weighted by atomic mass is 10.1. The van der Waals surface area contributed by atoms with Crippen molar-refractivity contribution in [1.29, 1.82) is 0 Å². The van der Waals surface area contributed by atoms with Crippen LogP contribution in [0.25, 0.3) is 0 Å². The van der Waals surface area contributed by atoms with Crippen LogP contribution in [0.5, 0.6) is 5.75 Å². The van der Waals surface area contributed by atoms with Crippen molar-refractivity contribution in [3.8, 4) is 5.75 Å². The summed E-state index contributed by atoms with van der Waals surface area (Å²) < 4.78 is 19.1. The van der Waals surface area contributed by atoms with Crippen LogP contribution in [0.4, 0.5) is 15.8 Å². The van der Waals surface area contributed by atoms with E-state index in [0.717, 1.165) is 0 Å². The predicted molar refractivity (Wildman–Crippen MR) is 88.5 cm³/mol. The van der Waals surface area contributed by atoms with E-state index in [-0.39, 0.29) is 30.5 Å². The van der Waals surface area contributed by atoms with Gasteiger partial charge in [-0.05, 0) is 31.2 Å². The molecule has 0 radical (unpaired) electrons. The van der Waals surface area contributed by atoms with E-state index in [9.17, 15) is 14.0 Å². The highest BCUT2D eigenvalue weighted by Gasteiger charge is 2.31. The van der Waals surface area contributed by atoms with Crippen LogP contribution < -0.4 is 15.0 Å². The number of amides is 2. The minimum atomic E-state index is -0.602. The fourth-order valence-corrected chi connectivity index (χ4v) is 2.58. The Morgan fingerprint density at radius 3 is 2.71 bits per heavy atom. The van der Waals surface area contributed by atoms with E-state index in [1.165, 1.54) is 17.0 Å². The van der Waals surface area contributed by atoms with Gasteiger partial charge < -0.3 is 15.0 Å². The van der Waals surface area contributed by atoms with Gasteiger partial charge in [0.2, 0.25) is 5.91 Å². The minimum absolute atomic E-state index is 0.0567. The van der Waals surface area contributed by atoms with E-state index < -0.39 is 11.9 Å². The summed E-state index contributed by atoms with van der Waals surface area (Å²) in [5.74, 6) is -0.441. The van der Waals surface area contributed by atoms with Gasteiger partial charge in [-0.25, -0.2) is 4.39 Å². The predicted octanol–water partition coefficient (Wildman–Crippen LogP) is 2.97. The van der Waals surface area contributed by atoms with E-state index in [4.69, 9.17) is 4.74 Å². The van der Waals surface area contributed by atoms with Gasteiger partial charge in [-0.3, -0.25) is 9.59 Å². The number of carbonyl (C=O) groups is 2. The first-order valence-electron chi connectivity index (χ1n) is 7.67. The van der Waals surface area contributed by atoms with Gasteiger partial charge >= 0.3 is 0 Å². The molecule has 2 amide bonds. The summed E-state index contributed by atoms with van der Waals surface area (Å²) in [5.41, 5.74) is 0.767. The summed E-state index contributed by atoms with van der Waals surface area (Å²) in [6.45, 7) is 1.87. The topological polar surface area (TPSA) is 58.6 Å². The molecule has 0 bridgehead atoms. The number of halogens is 1. The van der Waals surface area contributed by atoms with Crippen LogP contribution in [0.15, 0.2) is 48.5 Å². The molecule has 5 nitrogen and oxygen atoms in total. The summed E-state index contributed by atoms with van der Waals surface area (Å²) in [6.07, 6.45) is -0.546. The Balaban J connectivity index is 1.68. The van der Waals surface area contributed by atoms with Gasteiger partial charge in [0.25, 0.3) is 5.91 Å². The molecule has 1 aliphatic heterocycles. The summed E-state index contributed by atoms with van der Waals surface area (Å²) in [5, 5.41) is 2.52. The van der Waals surface area contributed by atoms with Crippen molar-refractivity contribution in [1.82, 2.24) is 0 Å². The molecule has 0 aliphatic carbocycles. The highest BCUT2D eigenvalue weighted by Crippen LogP contribution is 2.33. The number of hydrogen-bond donors (Lipinski definition) is 1. The molecule has 0 saturated carbocycles. The Bertz CT molecular complexity index is 778. The Hall–Kier alpha value is -2.89. The second-order valence-electron chi connectivity index (χ2n) is 5.50. The van der Waals surface area contributed by atoms with Gasteiger partial charge in [0.15, 0.2) is 6.10 Å². The Morgan fingerprint density at radius 2 is 1.92 bits per heavy atom. The average Bonchev–Trinajstić information content (AvgIpc) is 2.57. The summed E-state index contributed by atoms with van der Waals surface area (Å²) >= 11 is 0. The number of nitrogens with one attached hydrogen (secondary N) is 1. The van der Waals surface area contributed by atoms with Crippen LogP contribution in [-0.4, -0.2) is 24.5 Å². The third kappa shape index (κ3) is 3.22. The second kappa shape index (κ2) is 6.70. The molecule has 2 aromatic rings. The monoisotopic (exact) mass is 328 g/mol. The molecule has 124 valence electrons. The zero-order chi connectivity index (χ0) is 17.1. The van der Waals surface area contributed by atoms with Gasteiger partial charge in [-0.15, -0.1) is 0 Å². The summed E-state index contributed by atoms with van der Waals surface area (Å²) in [6, 6.07) is 13.1. The maximum atomic E-state index is 13.6. The van der Waals surface area contributed by atoms with Crippen molar-refractivity contribution < 1.29 is 18.7 Å². The van der Waals surface area contributed by atoms with Crippen LogP contribution in [0.2, 0.25) is 0 Å². The fraction of sp³-hybridized carbons (Fsp3) is 0.222. The smallest absolute Gasteiger partial charge is 0.267 e. The molecular weight excluding hydrogens is 311 g/mol. The van der Waals surface area contributed by atoms with Gasteiger partial charge in [-0.2, -0.15) is 0 Å². The molecule has 0 saturated heterocycles. The third-order valence-corrected chi connectivity index (χ3v) is 3.78. The van der Waals surface area contributed by atoms with Crippen LogP contribution in [0.3, 0.4) is 0 Å². The number of nitrogens with zero attached hydrogens (tertiary/aromatic N) is 1. The molecule has 2 aromatic carbocycles. The fourth-order valence-electron chi connectivity index (χ4n) is 2.58. The van der Waals surface area contributed by atoms with E-state index in [1.54, 1.807) is 37.3 Å². The van der Waals surface area contributed by atoms with E-state index >= 15 is 0 Å². The van der Waals surface area contributed by atoms with Gasteiger partial charge in [0.05, 0.1) is 11.4 Å². The lowest BCUT2D eigenvalue weighted by Crippen LogP contribution is -2.45. The second-order valence-corrected chi connectivity index (χ2v) is 5.50. The number of benzene rings is 2. The van der Waals surface area contributed by atoms with Gasteiger partial charge in [-0.1, -0.05) is 24.3 Å². The Morgan fingerprint density at radius 1 is 1.21 bits per heavy atom. The van der Waals surface area contributed by atoms with Crippen LogP contribution in [-0.2, 0) is 9.59 Å². The number of rotatable bonds is 4. The Kier molecular flexibility index (Phi) is 4.46. The number of ether oxygens (including phenoxy) is 1. The normalized spacial score (nSPS) is 16.3. The van der Waals surface area contributed by atoms with Crippen molar-refractivity contribution >= 4 is 23.2 Å². The van der Waals surface area contributed by atoms with Crippen molar-refractivity contribution in [3.63, 3.8) is 0 Å². The molecular formula is C18H17FN2O3. The van der Waals surface area contributed by atoms with Crippen molar-refractivity contribution in [2.75, 3.05) is 16.8 Å².